The Kier molecular flexibility index (Phi) is 6.35. The van der Waals surface area contributed by atoms with Crippen molar-refractivity contribution >= 4 is 33.4 Å². The van der Waals surface area contributed by atoms with Crippen LogP contribution in [0.3, 0.4) is 0 Å². The molecule has 2 aromatic carbocycles. The Labute approximate surface area is 197 Å². The Morgan fingerprint density at radius 2 is 1.64 bits per heavy atom. The average molecular weight is 462 g/mol. The van der Waals surface area contributed by atoms with Crippen LogP contribution < -0.4 is 0 Å². The molecular formula is C26H27N3O3S. The van der Waals surface area contributed by atoms with E-state index in [1.165, 1.54) is 11.3 Å². The Balaban J connectivity index is 2.05. The van der Waals surface area contributed by atoms with Crippen LogP contribution in [0.2, 0.25) is 0 Å². The van der Waals surface area contributed by atoms with E-state index in [2.05, 4.69) is 23.1 Å². The number of amides is 1. The molecule has 0 bridgehead atoms. The maximum Gasteiger partial charge on any atom is 0.345 e. The van der Waals surface area contributed by atoms with Crippen molar-refractivity contribution in [3.63, 3.8) is 0 Å². The first-order valence-corrected chi connectivity index (χ1v) is 11.5. The van der Waals surface area contributed by atoms with Crippen molar-refractivity contribution in [2.24, 2.45) is 0 Å². The number of carboxylic acids is 1. The number of hydrogen-bond donors (Lipinski definition) is 1. The molecule has 1 amide bonds. The number of benzene rings is 2. The van der Waals surface area contributed by atoms with Gasteiger partial charge < -0.3 is 19.5 Å². The zero-order chi connectivity index (χ0) is 23.7. The standard InChI is InChI=1S/C26H27N3O3S/c1-27(2)15-17-9-8-12-19(13-17)24-23(18-10-6-5-7-11-18)25-20(14-21(33-25)26(31)32)29(24)16-22(30)28(3)4/h5-14H,15-16H2,1-4H3,(H,31,32). The Morgan fingerprint density at radius 3 is 2.27 bits per heavy atom. The molecule has 0 unspecified atom stereocenters. The van der Waals surface area contributed by atoms with E-state index in [4.69, 9.17) is 0 Å². The first-order valence-electron chi connectivity index (χ1n) is 10.6. The predicted molar refractivity (Wildman–Crippen MR) is 134 cm³/mol. The molecule has 2 heterocycles. The van der Waals surface area contributed by atoms with Gasteiger partial charge in [0.15, 0.2) is 0 Å². The fourth-order valence-corrected chi connectivity index (χ4v) is 5.09. The second kappa shape index (κ2) is 9.21. The highest BCUT2D eigenvalue weighted by molar-refractivity contribution is 7.21. The number of aromatic nitrogens is 1. The number of carboxylic acid groups (broad SMARTS) is 1. The monoisotopic (exact) mass is 461 g/mol. The molecule has 0 aliphatic rings. The molecule has 0 aliphatic heterocycles. The van der Waals surface area contributed by atoms with E-state index in [1.54, 1.807) is 25.1 Å². The van der Waals surface area contributed by atoms with Crippen molar-refractivity contribution in [1.29, 1.82) is 0 Å². The molecule has 7 heteroatoms. The van der Waals surface area contributed by atoms with Gasteiger partial charge in [-0.1, -0.05) is 48.5 Å². The second-order valence-electron chi connectivity index (χ2n) is 8.53. The molecule has 2 aromatic heterocycles. The highest BCUT2D eigenvalue weighted by Crippen LogP contribution is 2.44. The number of fused-ring (bicyclic) bond motifs is 1. The van der Waals surface area contributed by atoms with Crippen molar-refractivity contribution in [1.82, 2.24) is 14.4 Å². The van der Waals surface area contributed by atoms with Crippen LogP contribution in [0.1, 0.15) is 15.2 Å². The number of carbonyl (C=O) groups is 2. The minimum Gasteiger partial charge on any atom is -0.477 e. The third-order valence-electron chi connectivity index (χ3n) is 5.50. The number of nitrogens with zero attached hydrogens (tertiary/aromatic N) is 3. The summed E-state index contributed by atoms with van der Waals surface area (Å²) in [6, 6.07) is 20.0. The number of carbonyl (C=O) groups excluding carboxylic acids is 1. The largest absolute Gasteiger partial charge is 0.477 e. The highest BCUT2D eigenvalue weighted by atomic mass is 32.1. The van der Waals surface area contributed by atoms with Gasteiger partial charge in [-0.2, -0.15) is 0 Å². The fourth-order valence-electron chi connectivity index (χ4n) is 4.03. The lowest BCUT2D eigenvalue weighted by Gasteiger charge is -2.17. The molecule has 0 aliphatic carbocycles. The minimum atomic E-state index is -0.963. The van der Waals surface area contributed by atoms with Gasteiger partial charge >= 0.3 is 5.97 Å². The van der Waals surface area contributed by atoms with E-state index in [0.29, 0.717) is 0 Å². The summed E-state index contributed by atoms with van der Waals surface area (Å²) >= 11 is 1.25. The van der Waals surface area contributed by atoms with Crippen LogP contribution in [0.5, 0.6) is 0 Å². The summed E-state index contributed by atoms with van der Waals surface area (Å²) in [5.41, 5.74) is 5.80. The molecule has 0 fully saturated rings. The van der Waals surface area contributed by atoms with Gasteiger partial charge in [0.2, 0.25) is 5.91 Å². The summed E-state index contributed by atoms with van der Waals surface area (Å²) in [5, 5.41) is 9.65. The van der Waals surface area contributed by atoms with E-state index in [0.717, 1.165) is 44.7 Å². The van der Waals surface area contributed by atoms with Crippen LogP contribution in [0.15, 0.2) is 60.7 Å². The fraction of sp³-hybridized carbons (Fsp3) is 0.231. The third-order valence-corrected chi connectivity index (χ3v) is 6.63. The van der Waals surface area contributed by atoms with Gasteiger partial charge in [0.05, 0.1) is 15.9 Å². The van der Waals surface area contributed by atoms with Gasteiger partial charge in [0, 0.05) is 26.2 Å². The topological polar surface area (TPSA) is 65.8 Å². The Morgan fingerprint density at radius 1 is 0.939 bits per heavy atom. The van der Waals surface area contributed by atoms with E-state index in [-0.39, 0.29) is 17.3 Å². The zero-order valence-electron chi connectivity index (χ0n) is 19.2. The van der Waals surface area contributed by atoms with Gasteiger partial charge in [-0.05, 0) is 42.9 Å². The maximum atomic E-state index is 12.8. The summed E-state index contributed by atoms with van der Waals surface area (Å²) in [5.74, 6) is -1.02. The third kappa shape index (κ3) is 4.55. The van der Waals surface area contributed by atoms with Crippen molar-refractivity contribution in [3.8, 4) is 22.4 Å². The minimum absolute atomic E-state index is 0.0553. The van der Waals surface area contributed by atoms with Gasteiger partial charge in [0.1, 0.15) is 11.4 Å². The maximum absolute atomic E-state index is 12.8. The van der Waals surface area contributed by atoms with E-state index in [9.17, 15) is 14.7 Å². The smallest absolute Gasteiger partial charge is 0.345 e. The quantitative estimate of drug-likeness (QED) is 0.426. The average Bonchev–Trinajstić information content (AvgIpc) is 3.32. The molecule has 4 rings (SSSR count). The number of likely N-dealkylation sites (N-methyl/N-ethyl adjacent to an activating group) is 1. The van der Waals surface area contributed by atoms with E-state index >= 15 is 0 Å². The lowest BCUT2D eigenvalue weighted by atomic mass is 9.99. The van der Waals surface area contributed by atoms with Crippen LogP contribution in [0, 0.1) is 0 Å². The molecule has 0 saturated heterocycles. The molecule has 6 nitrogen and oxygen atoms in total. The van der Waals surface area contributed by atoms with Crippen LogP contribution in [0.25, 0.3) is 32.6 Å². The Hall–Kier alpha value is -3.42. The first-order chi connectivity index (χ1) is 15.8. The van der Waals surface area contributed by atoms with E-state index in [1.807, 2.05) is 55.1 Å². The van der Waals surface area contributed by atoms with Crippen LogP contribution in [-0.4, -0.2) is 59.5 Å². The summed E-state index contributed by atoms with van der Waals surface area (Å²) in [4.78, 5) is 28.5. The number of rotatable bonds is 7. The van der Waals surface area contributed by atoms with Crippen LogP contribution in [-0.2, 0) is 17.9 Å². The summed E-state index contributed by atoms with van der Waals surface area (Å²) < 4.78 is 2.84. The lowest BCUT2D eigenvalue weighted by Crippen LogP contribution is -2.26. The molecule has 4 aromatic rings. The molecule has 33 heavy (non-hydrogen) atoms. The molecule has 0 saturated carbocycles. The summed E-state index contributed by atoms with van der Waals surface area (Å²) in [7, 11) is 7.53. The SMILES string of the molecule is CN(C)Cc1cccc(-c2c(-c3ccccc3)c3sc(C(=O)O)cc3n2CC(=O)N(C)C)c1. The molecule has 0 atom stereocenters. The molecule has 170 valence electrons. The van der Waals surface area contributed by atoms with Crippen LogP contribution >= 0.6 is 11.3 Å². The number of aromatic carboxylic acids is 1. The highest BCUT2D eigenvalue weighted by Gasteiger charge is 2.25. The van der Waals surface area contributed by atoms with E-state index < -0.39 is 5.97 Å². The Bertz CT molecular complexity index is 1320. The second-order valence-corrected chi connectivity index (χ2v) is 9.58. The van der Waals surface area contributed by atoms with Gasteiger partial charge in [-0.15, -0.1) is 11.3 Å². The normalized spacial score (nSPS) is 11.3. The van der Waals surface area contributed by atoms with Crippen molar-refractivity contribution in [2.45, 2.75) is 13.1 Å². The molecular weight excluding hydrogens is 434 g/mol. The van der Waals surface area contributed by atoms with Gasteiger partial charge in [0.25, 0.3) is 0 Å². The van der Waals surface area contributed by atoms with Crippen molar-refractivity contribution in [2.75, 3.05) is 28.2 Å². The molecule has 0 spiro atoms. The molecule has 0 radical (unpaired) electrons. The number of hydrogen-bond acceptors (Lipinski definition) is 4. The zero-order valence-corrected chi connectivity index (χ0v) is 20.0. The summed E-state index contributed by atoms with van der Waals surface area (Å²) in [6.45, 7) is 0.919. The first kappa shape index (κ1) is 22.8. The van der Waals surface area contributed by atoms with Crippen molar-refractivity contribution in [3.05, 3.63) is 71.1 Å². The number of thiophene rings is 1. The van der Waals surface area contributed by atoms with Gasteiger partial charge in [-0.3, -0.25) is 4.79 Å². The van der Waals surface area contributed by atoms with Crippen LogP contribution in [0.4, 0.5) is 0 Å². The predicted octanol–water partition coefficient (Wildman–Crippen LogP) is 4.88. The van der Waals surface area contributed by atoms with Gasteiger partial charge in [-0.25, -0.2) is 4.79 Å². The summed E-state index contributed by atoms with van der Waals surface area (Å²) in [6.07, 6.45) is 0. The van der Waals surface area contributed by atoms with Crippen molar-refractivity contribution < 1.29 is 14.7 Å². The lowest BCUT2D eigenvalue weighted by molar-refractivity contribution is -0.129. The molecule has 1 N–H and O–H groups in total.